The number of carbonyl (C=O) groups is 1. The molecule has 1 saturated heterocycles. The van der Waals surface area contributed by atoms with Gasteiger partial charge in [0.05, 0.1) is 0 Å². The van der Waals surface area contributed by atoms with Gasteiger partial charge in [-0.15, -0.1) is 0 Å². The van der Waals surface area contributed by atoms with E-state index in [0.29, 0.717) is 6.04 Å². The number of rotatable bonds is 4. The van der Waals surface area contributed by atoms with Crippen LogP contribution in [0.2, 0.25) is 0 Å². The van der Waals surface area contributed by atoms with Crippen LogP contribution in [0.15, 0.2) is 18.2 Å². The Morgan fingerprint density at radius 1 is 1.47 bits per heavy atom. The Hall–Kier alpha value is -1.58. The highest BCUT2D eigenvalue weighted by molar-refractivity contribution is 5.73. The van der Waals surface area contributed by atoms with Crippen LogP contribution in [0, 0.1) is 0 Å². The van der Waals surface area contributed by atoms with Crippen LogP contribution in [0.3, 0.4) is 0 Å². The predicted molar refractivity (Wildman–Crippen MR) is 77.1 cm³/mol. The number of aromatic nitrogens is 1. The molecule has 0 bridgehead atoms. The van der Waals surface area contributed by atoms with Crippen molar-refractivity contribution in [2.75, 3.05) is 18.9 Å². The quantitative estimate of drug-likeness (QED) is 0.905. The predicted octanol–water partition coefficient (Wildman–Crippen LogP) is 2.46. The van der Waals surface area contributed by atoms with Gasteiger partial charge in [-0.1, -0.05) is 6.07 Å². The largest absolute Gasteiger partial charge is 0.373 e. The van der Waals surface area contributed by atoms with Crippen LogP contribution in [0.25, 0.3) is 0 Å². The van der Waals surface area contributed by atoms with Crippen LogP contribution in [0.4, 0.5) is 5.82 Å². The summed E-state index contributed by atoms with van der Waals surface area (Å²) in [5, 5.41) is 3.06. The molecule has 1 aromatic rings. The molecule has 1 aromatic heterocycles. The van der Waals surface area contributed by atoms with Crippen LogP contribution < -0.4 is 5.32 Å². The molecular formula is C15H23N3O. The van der Waals surface area contributed by atoms with Crippen molar-refractivity contribution in [1.29, 1.82) is 0 Å². The van der Waals surface area contributed by atoms with Gasteiger partial charge in [-0.25, -0.2) is 4.98 Å². The second kappa shape index (κ2) is 6.55. The minimum Gasteiger partial charge on any atom is -0.373 e. The van der Waals surface area contributed by atoms with Gasteiger partial charge in [0.2, 0.25) is 5.91 Å². The summed E-state index contributed by atoms with van der Waals surface area (Å²) in [4.78, 5) is 18.2. The molecule has 19 heavy (non-hydrogen) atoms. The van der Waals surface area contributed by atoms with Gasteiger partial charge >= 0.3 is 0 Å². The zero-order valence-electron chi connectivity index (χ0n) is 11.9. The van der Waals surface area contributed by atoms with E-state index in [2.05, 4.69) is 16.4 Å². The molecule has 0 aromatic carbocycles. The first-order chi connectivity index (χ1) is 9.20. The number of anilines is 1. The average Bonchev–Trinajstić information content (AvgIpc) is 2.45. The highest BCUT2D eigenvalue weighted by Crippen LogP contribution is 2.21. The number of hydrogen-bond donors (Lipinski definition) is 1. The monoisotopic (exact) mass is 261 g/mol. The highest BCUT2D eigenvalue weighted by Gasteiger charge is 2.23. The Balaban J connectivity index is 1.94. The molecule has 104 valence electrons. The first-order valence-corrected chi connectivity index (χ1v) is 7.11. The number of aryl methyl sites for hydroxylation is 1. The van der Waals surface area contributed by atoms with Crippen molar-refractivity contribution in [2.45, 2.75) is 45.1 Å². The number of likely N-dealkylation sites (tertiary alicyclic amines) is 1. The highest BCUT2D eigenvalue weighted by atomic mass is 16.2. The normalized spacial score (nSPS) is 19.3. The number of amides is 1. The molecule has 0 saturated carbocycles. The first-order valence-electron chi connectivity index (χ1n) is 7.11. The van der Waals surface area contributed by atoms with Crippen molar-refractivity contribution in [3.05, 3.63) is 23.9 Å². The van der Waals surface area contributed by atoms with Crippen LogP contribution in [-0.2, 0) is 11.2 Å². The van der Waals surface area contributed by atoms with E-state index in [0.717, 1.165) is 43.7 Å². The molecule has 1 fully saturated rings. The van der Waals surface area contributed by atoms with Gasteiger partial charge in [0.1, 0.15) is 5.82 Å². The van der Waals surface area contributed by atoms with Crippen molar-refractivity contribution in [3.63, 3.8) is 0 Å². The van der Waals surface area contributed by atoms with E-state index in [1.165, 1.54) is 6.42 Å². The minimum absolute atomic E-state index is 0.210. The van der Waals surface area contributed by atoms with E-state index in [1.54, 1.807) is 6.92 Å². The molecule has 1 atom stereocenters. The molecule has 1 aliphatic heterocycles. The van der Waals surface area contributed by atoms with Gasteiger partial charge in [0.25, 0.3) is 0 Å². The Morgan fingerprint density at radius 3 is 3.05 bits per heavy atom. The maximum atomic E-state index is 11.6. The molecule has 2 rings (SSSR count). The summed E-state index contributed by atoms with van der Waals surface area (Å²) in [6, 6.07) is 6.44. The molecule has 1 N–H and O–H groups in total. The minimum atomic E-state index is 0.210. The van der Waals surface area contributed by atoms with E-state index in [9.17, 15) is 4.79 Å². The molecule has 1 amide bonds. The van der Waals surface area contributed by atoms with Gasteiger partial charge in [-0.2, -0.15) is 0 Å². The zero-order valence-corrected chi connectivity index (χ0v) is 11.9. The summed E-state index contributed by atoms with van der Waals surface area (Å²) in [7, 11) is 1.88. The van der Waals surface area contributed by atoms with Crippen molar-refractivity contribution >= 4 is 11.7 Å². The fourth-order valence-corrected chi connectivity index (χ4v) is 2.79. The Morgan fingerprint density at radius 2 is 2.32 bits per heavy atom. The van der Waals surface area contributed by atoms with Gasteiger partial charge in [0, 0.05) is 32.3 Å². The summed E-state index contributed by atoms with van der Waals surface area (Å²) in [6.07, 6.45) is 5.46. The fraction of sp³-hybridized carbons (Fsp3) is 0.600. The second-order valence-corrected chi connectivity index (χ2v) is 5.16. The molecule has 2 heterocycles. The molecule has 0 spiro atoms. The number of nitrogens with one attached hydrogen (secondary N) is 1. The van der Waals surface area contributed by atoms with Crippen molar-refractivity contribution in [2.24, 2.45) is 0 Å². The second-order valence-electron chi connectivity index (χ2n) is 5.16. The van der Waals surface area contributed by atoms with Crippen LogP contribution in [0.1, 0.15) is 38.3 Å². The van der Waals surface area contributed by atoms with E-state index in [1.807, 2.05) is 24.1 Å². The molecular weight excluding hydrogens is 238 g/mol. The third-order valence-electron chi connectivity index (χ3n) is 3.83. The van der Waals surface area contributed by atoms with Crippen molar-refractivity contribution in [3.8, 4) is 0 Å². The number of carbonyl (C=O) groups excluding carboxylic acids is 1. The Kier molecular flexibility index (Phi) is 4.77. The van der Waals surface area contributed by atoms with Crippen LogP contribution >= 0.6 is 0 Å². The molecule has 0 unspecified atom stereocenters. The van der Waals surface area contributed by atoms with Crippen molar-refractivity contribution in [1.82, 2.24) is 9.88 Å². The summed E-state index contributed by atoms with van der Waals surface area (Å²) >= 11 is 0. The van der Waals surface area contributed by atoms with Crippen molar-refractivity contribution < 1.29 is 4.79 Å². The van der Waals surface area contributed by atoms with E-state index in [-0.39, 0.29) is 5.91 Å². The van der Waals surface area contributed by atoms with Crippen LogP contribution in [0.5, 0.6) is 0 Å². The van der Waals surface area contributed by atoms with Crippen LogP contribution in [-0.4, -0.2) is 35.4 Å². The van der Waals surface area contributed by atoms with Gasteiger partial charge in [0.15, 0.2) is 0 Å². The number of piperidine rings is 1. The van der Waals surface area contributed by atoms with E-state index in [4.69, 9.17) is 0 Å². The number of pyridine rings is 1. The Bertz CT molecular complexity index is 433. The zero-order chi connectivity index (χ0) is 13.7. The summed E-state index contributed by atoms with van der Waals surface area (Å²) in [5.41, 5.74) is 1.10. The summed E-state index contributed by atoms with van der Waals surface area (Å²) in [5.74, 6) is 1.12. The number of hydrogen-bond acceptors (Lipinski definition) is 3. The summed E-state index contributed by atoms with van der Waals surface area (Å²) < 4.78 is 0. The maximum Gasteiger partial charge on any atom is 0.219 e. The molecule has 4 nitrogen and oxygen atoms in total. The molecule has 0 radical (unpaired) electrons. The van der Waals surface area contributed by atoms with E-state index >= 15 is 0 Å². The third kappa shape index (κ3) is 3.69. The smallest absolute Gasteiger partial charge is 0.219 e. The van der Waals surface area contributed by atoms with Gasteiger partial charge < -0.3 is 10.2 Å². The number of nitrogens with zero attached hydrogens (tertiary/aromatic N) is 2. The van der Waals surface area contributed by atoms with E-state index < -0.39 is 0 Å². The van der Waals surface area contributed by atoms with Gasteiger partial charge in [-0.3, -0.25) is 4.79 Å². The van der Waals surface area contributed by atoms with Gasteiger partial charge in [-0.05, 0) is 44.2 Å². The maximum absolute atomic E-state index is 11.6. The molecule has 1 aliphatic rings. The lowest BCUT2D eigenvalue weighted by Crippen LogP contribution is -2.42. The average molecular weight is 261 g/mol. The Labute approximate surface area is 115 Å². The summed E-state index contributed by atoms with van der Waals surface area (Å²) in [6.45, 7) is 2.60. The molecule has 4 heteroatoms. The SMILES string of the molecule is CNc1cccc(CC[C@H]2CCCCN2C(C)=O)n1. The standard InChI is InChI=1S/C15H23N3O/c1-12(19)18-11-4-3-7-14(18)10-9-13-6-5-8-15(16-2)17-13/h5-6,8,14H,3-4,7,9-11H2,1-2H3,(H,16,17)/t14-/m1/s1. The molecule has 0 aliphatic carbocycles. The lowest BCUT2D eigenvalue weighted by atomic mass is 9.97. The third-order valence-corrected chi connectivity index (χ3v) is 3.83. The lowest BCUT2D eigenvalue weighted by molar-refractivity contribution is -0.132. The lowest BCUT2D eigenvalue weighted by Gasteiger charge is -2.35. The topological polar surface area (TPSA) is 45.2 Å². The first kappa shape index (κ1) is 13.8. The fourth-order valence-electron chi connectivity index (χ4n) is 2.79.